The van der Waals surface area contributed by atoms with Gasteiger partial charge in [0.2, 0.25) is 0 Å². The molecule has 4 aromatic carbocycles. The molecule has 0 amide bonds. The van der Waals surface area contributed by atoms with Crippen molar-refractivity contribution in [3.8, 4) is 22.6 Å². The van der Waals surface area contributed by atoms with E-state index >= 15 is 0 Å². The summed E-state index contributed by atoms with van der Waals surface area (Å²) < 4.78 is 24.6. The third kappa shape index (κ3) is 6.25. The Hall–Kier alpha value is -3.72. The van der Waals surface area contributed by atoms with Crippen LogP contribution in [0.2, 0.25) is 0 Å². The largest absolute Gasteiger partial charge is 0.493 e. The first-order chi connectivity index (χ1) is 21.5. The molecule has 6 rings (SSSR count). The van der Waals surface area contributed by atoms with E-state index in [0.29, 0.717) is 6.54 Å². The molecule has 230 valence electrons. The maximum atomic E-state index is 9.60. The minimum Gasteiger partial charge on any atom is -0.493 e. The lowest BCUT2D eigenvalue weighted by Gasteiger charge is -2.43. The van der Waals surface area contributed by atoms with Gasteiger partial charge in [0, 0.05) is 37.7 Å². The minimum atomic E-state index is -0.515. The first-order valence-electron chi connectivity index (χ1n) is 15.4. The number of hydrogen-bond acceptors (Lipinski definition) is 7. The van der Waals surface area contributed by atoms with Gasteiger partial charge >= 0.3 is 0 Å². The van der Waals surface area contributed by atoms with Gasteiger partial charge in [0.05, 0.1) is 33.0 Å². The summed E-state index contributed by atoms with van der Waals surface area (Å²) in [5.74, 6) is 1.64. The Bertz CT molecular complexity index is 1560. The van der Waals surface area contributed by atoms with Crippen molar-refractivity contribution >= 4 is 0 Å². The molecular formula is C37H42N2O5. The average molecular weight is 595 g/mol. The number of aliphatic hydroxyl groups excluding tert-OH is 1. The topological polar surface area (TPSA) is 86.4 Å². The van der Waals surface area contributed by atoms with Crippen molar-refractivity contribution in [2.75, 3.05) is 27.3 Å². The van der Waals surface area contributed by atoms with Crippen LogP contribution >= 0.6 is 0 Å². The molecule has 0 bridgehead atoms. The van der Waals surface area contributed by atoms with Crippen LogP contribution in [0.1, 0.15) is 52.7 Å². The number of hydrogen-bond donors (Lipinski definition) is 2. The van der Waals surface area contributed by atoms with Crippen LogP contribution in [0.15, 0.2) is 84.9 Å². The second-order valence-corrected chi connectivity index (χ2v) is 11.8. The van der Waals surface area contributed by atoms with Gasteiger partial charge in [-0.1, -0.05) is 79.7 Å². The molecule has 1 saturated heterocycles. The van der Waals surface area contributed by atoms with E-state index in [0.717, 1.165) is 70.9 Å². The van der Waals surface area contributed by atoms with Crippen molar-refractivity contribution in [1.82, 2.24) is 4.90 Å². The molecule has 0 saturated carbocycles. The molecule has 0 radical (unpaired) electrons. The molecule has 0 aromatic heterocycles. The Kier molecular flexibility index (Phi) is 9.31. The number of methoxy groups -OCH3 is 2. The zero-order valence-electron chi connectivity index (χ0n) is 25.7. The fourth-order valence-corrected chi connectivity index (χ4v) is 6.48. The predicted molar refractivity (Wildman–Crippen MR) is 171 cm³/mol. The van der Waals surface area contributed by atoms with E-state index in [9.17, 15) is 5.11 Å². The average Bonchev–Trinajstić information content (AvgIpc) is 3.08. The van der Waals surface area contributed by atoms with Crippen LogP contribution in [-0.2, 0) is 35.6 Å². The zero-order valence-corrected chi connectivity index (χ0v) is 25.7. The minimum absolute atomic E-state index is 0.0163. The van der Waals surface area contributed by atoms with Gasteiger partial charge in [-0.3, -0.25) is 4.90 Å². The monoisotopic (exact) mass is 594 g/mol. The van der Waals surface area contributed by atoms with Crippen molar-refractivity contribution in [3.05, 3.63) is 118 Å². The highest BCUT2D eigenvalue weighted by atomic mass is 16.7. The second-order valence-electron chi connectivity index (χ2n) is 11.8. The lowest BCUT2D eigenvalue weighted by molar-refractivity contribution is -0.276. The number of fused-ring (bicyclic) bond motifs is 1. The molecule has 7 nitrogen and oxygen atoms in total. The summed E-state index contributed by atoms with van der Waals surface area (Å²) in [5.41, 5.74) is 14.9. The van der Waals surface area contributed by atoms with E-state index in [1.165, 1.54) is 11.1 Å². The smallest absolute Gasteiger partial charge is 0.184 e. The number of nitrogens with zero attached hydrogens (tertiary/aromatic N) is 1. The summed E-state index contributed by atoms with van der Waals surface area (Å²) in [6.07, 6.45) is 0.203. The Morgan fingerprint density at radius 1 is 0.864 bits per heavy atom. The van der Waals surface area contributed by atoms with Crippen LogP contribution in [0.25, 0.3) is 11.1 Å². The molecule has 4 atom stereocenters. The van der Waals surface area contributed by atoms with Crippen molar-refractivity contribution < 1.29 is 24.1 Å². The molecule has 44 heavy (non-hydrogen) atoms. The Morgan fingerprint density at radius 2 is 1.55 bits per heavy atom. The van der Waals surface area contributed by atoms with Gasteiger partial charge in [0.1, 0.15) is 0 Å². The molecule has 2 aliphatic heterocycles. The molecular weight excluding hydrogens is 552 g/mol. The van der Waals surface area contributed by atoms with Crippen molar-refractivity contribution in [2.45, 2.75) is 51.5 Å². The summed E-state index contributed by atoms with van der Waals surface area (Å²) in [7, 11) is 3.36. The van der Waals surface area contributed by atoms with E-state index in [4.69, 9.17) is 24.7 Å². The standard InChI is InChI=1S/C37H42N2O5/c1-24-35(22-39-17-16-29-18-33(41-2)34(42-3)19-31(29)21-39)43-37(44-36(24)27-10-8-25(23-40)9-11-27)28-14-12-26(13-15-28)32-7-5-4-6-30(32)20-38/h4-15,18-19,24,35-37,40H,16-17,20-23,38H2,1-3H3/t24-,35+,36+,37+/m1/s1. The first-order valence-corrected chi connectivity index (χ1v) is 15.4. The van der Waals surface area contributed by atoms with Gasteiger partial charge in [0.25, 0.3) is 0 Å². The SMILES string of the molecule is COc1cc2c(cc1OC)CN(C[C@@H]1O[C@H](c3ccc(-c4ccccc4CN)cc3)O[C@H](c3ccc(CO)cc3)[C@@H]1C)CC2. The van der Waals surface area contributed by atoms with Crippen molar-refractivity contribution in [2.24, 2.45) is 11.7 Å². The summed E-state index contributed by atoms with van der Waals surface area (Å²) in [6.45, 7) is 5.25. The number of nitrogens with two attached hydrogens (primary N) is 1. The lowest BCUT2D eigenvalue weighted by Crippen LogP contribution is -2.45. The number of rotatable bonds is 9. The van der Waals surface area contributed by atoms with Gasteiger partial charge in [0.15, 0.2) is 17.8 Å². The zero-order chi connectivity index (χ0) is 30.6. The number of benzene rings is 4. The first kappa shape index (κ1) is 30.3. The fourth-order valence-electron chi connectivity index (χ4n) is 6.48. The molecule has 0 aliphatic carbocycles. The van der Waals surface area contributed by atoms with E-state index in [2.05, 4.69) is 72.5 Å². The summed E-state index contributed by atoms with van der Waals surface area (Å²) in [5, 5.41) is 9.60. The van der Waals surface area contributed by atoms with Gasteiger partial charge < -0.3 is 29.8 Å². The van der Waals surface area contributed by atoms with E-state index in [1.807, 2.05) is 24.3 Å². The maximum Gasteiger partial charge on any atom is 0.184 e. The molecule has 3 N–H and O–H groups in total. The van der Waals surface area contributed by atoms with Crippen LogP contribution < -0.4 is 15.2 Å². The Morgan fingerprint density at radius 3 is 2.23 bits per heavy atom. The predicted octanol–water partition coefficient (Wildman–Crippen LogP) is 6.17. The van der Waals surface area contributed by atoms with Crippen LogP contribution in [0.5, 0.6) is 11.5 Å². The Labute approximate surface area is 260 Å². The highest BCUT2D eigenvalue weighted by Crippen LogP contribution is 2.43. The highest BCUT2D eigenvalue weighted by molar-refractivity contribution is 5.67. The van der Waals surface area contributed by atoms with Crippen LogP contribution in [0, 0.1) is 5.92 Å². The quantitative estimate of drug-likeness (QED) is 0.240. The molecule has 0 unspecified atom stereocenters. The van der Waals surface area contributed by atoms with Gasteiger partial charge in [-0.2, -0.15) is 0 Å². The summed E-state index contributed by atoms with van der Waals surface area (Å²) in [4.78, 5) is 2.47. The van der Waals surface area contributed by atoms with E-state index in [1.54, 1.807) is 14.2 Å². The van der Waals surface area contributed by atoms with Gasteiger partial charge in [-0.15, -0.1) is 0 Å². The van der Waals surface area contributed by atoms with Crippen LogP contribution in [-0.4, -0.2) is 43.4 Å². The molecule has 1 fully saturated rings. The molecule has 2 heterocycles. The second kappa shape index (κ2) is 13.5. The van der Waals surface area contributed by atoms with E-state index in [-0.39, 0.29) is 24.7 Å². The molecule has 0 spiro atoms. The number of aliphatic hydroxyl groups is 1. The molecule has 2 aliphatic rings. The van der Waals surface area contributed by atoms with Gasteiger partial charge in [-0.25, -0.2) is 0 Å². The van der Waals surface area contributed by atoms with Crippen molar-refractivity contribution in [1.29, 1.82) is 0 Å². The van der Waals surface area contributed by atoms with Crippen LogP contribution in [0.3, 0.4) is 0 Å². The third-order valence-electron chi connectivity index (χ3n) is 9.09. The summed E-state index contributed by atoms with van der Waals surface area (Å²) in [6, 6.07) is 29.0. The normalized spacial score (nSPS) is 21.9. The molecule has 4 aromatic rings. The molecule has 7 heteroatoms. The highest BCUT2D eigenvalue weighted by Gasteiger charge is 2.39. The fraction of sp³-hybridized carbons (Fsp3) is 0.351. The van der Waals surface area contributed by atoms with Crippen LogP contribution in [0.4, 0.5) is 0 Å². The van der Waals surface area contributed by atoms with Gasteiger partial charge in [-0.05, 0) is 57.5 Å². The summed E-state index contributed by atoms with van der Waals surface area (Å²) >= 11 is 0. The van der Waals surface area contributed by atoms with E-state index < -0.39 is 6.29 Å². The van der Waals surface area contributed by atoms with Crippen molar-refractivity contribution in [3.63, 3.8) is 0 Å². The maximum absolute atomic E-state index is 9.60. The third-order valence-corrected chi connectivity index (χ3v) is 9.09. The lowest BCUT2D eigenvalue weighted by atomic mass is 9.89. The number of ether oxygens (including phenoxy) is 4. The Balaban J connectivity index is 1.26.